The van der Waals surface area contributed by atoms with Gasteiger partial charge in [0.25, 0.3) is 5.56 Å². The number of hydrogen-bond donors (Lipinski definition) is 2. The topological polar surface area (TPSA) is 73.9 Å². The maximum atomic E-state index is 11.9. The molecule has 1 saturated heterocycles. The molecule has 1 aliphatic rings. The Kier molecular flexibility index (Phi) is 4.94. The second-order valence-electron chi connectivity index (χ2n) is 6.71. The maximum absolute atomic E-state index is 11.9. The van der Waals surface area contributed by atoms with Crippen LogP contribution in [-0.2, 0) is 0 Å². The van der Waals surface area contributed by atoms with Gasteiger partial charge in [-0.15, -0.1) is 0 Å². The minimum atomic E-state index is -0.0962. The lowest BCUT2D eigenvalue weighted by molar-refractivity contribution is 0.217. The highest BCUT2D eigenvalue weighted by molar-refractivity contribution is 5.56. The fourth-order valence-corrected chi connectivity index (χ4v) is 3.11. The van der Waals surface area contributed by atoms with Crippen LogP contribution in [0.1, 0.15) is 24.1 Å². The van der Waals surface area contributed by atoms with Crippen molar-refractivity contribution in [3.8, 4) is 11.4 Å². The van der Waals surface area contributed by atoms with Crippen LogP contribution in [0.4, 0.5) is 5.82 Å². The molecule has 24 heavy (non-hydrogen) atoms. The molecule has 2 N–H and O–H groups in total. The van der Waals surface area contributed by atoms with Crippen LogP contribution in [-0.4, -0.2) is 46.5 Å². The lowest BCUT2D eigenvalue weighted by Gasteiger charge is -2.29. The number of likely N-dealkylation sites (tertiary alicyclic amines) is 1. The Morgan fingerprint density at radius 3 is 2.88 bits per heavy atom. The summed E-state index contributed by atoms with van der Waals surface area (Å²) >= 11 is 0. The van der Waals surface area contributed by atoms with Gasteiger partial charge < -0.3 is 15.2 Å². The molecule has 6 heteroatoms. The standard InChI is InChI=1S/C18H25N5O/c1-12-13(2)21-17(22-18(12)24)15-6-7-16(20-10-15)19-9-14-5-4-8-23(3)11-14/h6-7,10,14H,4-5,8-9,11H2,1-3H3,(H,19,20)(H,21,22,24). The molecule has 128 valence electrons. The van der Waals surface area contributed by atoms with Crippen molar-refractivity contribution in [2.24, 2.45) is 5.92 Å². The van der Waals surface area contributed by atoms with Crippen molar-refractivity contribution in [1.82, 2.24) is 19.9 Å². The first-order valence-corrected chi connectivity index (χ1v) is 8.49. The molecule has 0 radical (unpaired) electrons. The number of rotatable bonds is 4. The van der Waals surface area contributed by atoms with Crippen molar-refractivity contribution >= 4 is 5.82 Å². The Hall–Kier alpha value is -2.21. The third-order valence-corrected chi connectivity index (χ3v) is 4.73. The molecule has 3 heterocycles. The molecular weight excluding hydrogens is 302 g/mol. The van der Waals surface area contributed by atoms with E-state index < -0.39 is 0 Å². The smallest absolute Gasteiger partial charge is 0.254 e. The molecule has 6 nitrogen and oxygen atoms in total. The number of H-pyrrole nitrogens is 1. The fraction of sp³-hybridized carbons (Fsp3) is 0.500. The van der Waals surface area contributed by atoms with Crippen molar-refractivity contribution < 1.29 is 0 Å². The van der Waals surface area contributed by atoms with E-state index in [2.05, 4.69) is 32.2 Å². The Balaban J connectivity index is 1.66. The molecular formula is C18H25N5O. The van der Waals surface area contributed by atoms with Crippen LogP contribution in [0.3, 0.4) is 0 Å². The molecule has 0 aliphatic carbocycles. The van der Waals surface area contributed by atoms with E-state index in [9.17, 15) is 4.79 Å². The number of aromatic amines is 1. The van der Waals surface area contributed by atoms with E-state index in [1.54, 1.807) is 13.1 Å². The molecule has 1 fully saturated rings. The molecule has 0 spiro atoms. The van der Waals surface area contributed by atoms with Gasteiger partial charge >= 0.3 is 0 Å². The number of hydrogen-bond acceptors (Lipinski definition) is 5. The lowest BCUT2D eigenvalue weighted by atomic mass is 9.98. The Bertz CT molecular complexity index is 753. The summed E-state index contributed by atoms with van der Waals surface area (Å²) < 4.78 is 0. The monoisotopic (exact) mass is 327 g/mol. The van der Waals surface area contributed by atoms with E-state index in [-0.39, 0.29) is 5.56 Å². The lowest BCUT2D eigenvalue weighted by Crippen LogP contribution is -2.35. The largest absolute Gasteiger partial charge is 0.370 e. The molecule has 1 unspecified atom stereocenters. The zero-order valence-electron chi connectivity index (χ0n) is 14.6. The van der Waals surface area contributed by atoms with Gasteiger partial charge in [-0.1, -0.05) is 0 Å². The van der Waals surface area contributed by atoms with E-state index in [4.69, 9.17) is 0 Å². The predicted octanol–water partition coefficient (Wildman–Crippen LogP) is 2.20. The molecule has 1 aliphatic heterocycles. The number of piperidine rings is 1. The van der Waals surface area contributed by atoms with Crippen LogP contribution in [0.5, 0.6) is 0 Å². The molecule has 0 saturated carbocycles. The molecule has 1 atom stereocenters. The van der Waals surface area contributed by atoms with E-state index in [1.165, 1.54) is 19.4 Å². The van der Waals surface area contributed by atoms with Crippen LogP contribution in [0.2, 0.25) is 0 Å². The van der Waals surface area contributed by atoms with Gasteiger partial charge in [0.05, 0.1) is 0 Å². The summed E-state index contributed by atoms with van der Waals surface area (Å²) in [6.45, 7) is 6.90. The number of aromatic nitrogens is 3. The van der Waals surface area contributed by atoms with Crippen molar-refractivity contribution in [3.05, 3.63) is 39.9 Å². The molecule has 2 aromatic rings. The number of nitrogens with zero attached hydrogens (tertiary/aromatic N) is 3. The summed E-state index contributed by atoms with van der Waals surface area (Å²) in [5.74, 6) is 2.09. The van der Waals surface area contributed by atoms with Gasteiger partial charge in [0.2, 0.25) is 0 Å². The minimum absolute atomic E-state index is 0.0962. The van der Waals surface area contributed by atoms with Crippen molar-refractivity contribution in [2.45, 2.75) is 26.7 Å². The van der Waals surface area contributed by atoms with Crippen molar-refractivity contribution in [2.75, 3.05) is 32.0 Å². The van der Waals surface area contributed by atoms with Crippen LogP contribution < -0.4 is 10.9 Å². The van der Waals surface area contributed by atoms with Gasteiger partial charge in [0.15, 0.2) is 0 Å². The first-order chi connectivity index (χ1) is 11.5. The summed E-state index contributed by atoms with van der Waals surface area (Å²) in [7, 11) is 2.18. The zero-order chi connectivity index (χ0) is 17.1. The van der Waals surface area contributed by atoms with Gasteiger partial charge in [-0.05, 0) is 58.3 Å². The van der Waals surface area contributed by atoms with Crippen LogP contribution in [0.15, 0.2) is 23.1 Å². The second-order valence-corrected chi connectivity index (χ2v) is 6.71. The normalized spacial score (nSPS) is 18.5. The zero-order valence-corrected chi connectivity index (χ0v) is 14.6. The van der Waals surface area contributed by atoms with Gasteiger partial charge in [0.1, 0.15) is 11.6 Å². The SMILES string of the molecule is Cc1nc(-c2ccc(NCC3CCCN(C)C3)nc2)[nH]c(=O)c1C. The predicted molar refractivity (Wildman–Crippen MR) is 96.3 cm³/mol. The van der Waals surface area contributed by atoms with E-state index >= 15 is 0 Å². The molecule has 0 aromatic carbocycles. The summed E-state index contributed by atoms with van der Waals surface area (Å²) in [6.07, 6.45) is 4.28. The van der Waals surface area contributed by atoms with Gasteiger partial charge in [0, 0.05) is 36.1 Å². The van der Waals surface area contributed by atoms with Crippen LogP contribution >= 0.6 is 0 Å². The maximum Gasteiger partial charge on any atom is 0.254 e. The van der Waals surface area contributed by atoms with Gasteiger partial charge in [-0.3, -0.25) is 4.79 Å². The fourth-order valence-electron chi connectivity index (χ4n) is 3.11. The van der Waals surface area contributed by atoms with Crippen molar-refractivity contribution in [3.63, 3.8) is 0 Å². The number of anilines is 1. The van der Waals surface area contributed by atoms with E-state index in [1.807, 2.05) is 19.1 Å². The number of aryl methyl sites for hydroxylation is 1. The van der Waals surface area contributed by atoms with Gasteiger partial charge in [-0.2, -0.15) is 0 Å². The summed E-state index contributed by atoms with van der Waals surface area (Å²) in [4.78, 5) is 26.0. The Morgan fingerprint density at radius 1 is 1.38 bits per heavy atom. The average Bonchev–Trinajstić information content (AvgIpc) is 2.58. The highest BCUT2D eigenvalue weighted by Gasteiger charge is 2.16. The first kappa shape index (κ1) is 16.6. The third-order valence-electron chi connectivity index (χ3n) is 4.73. The number of pyridine rings is 1. The summed E-state index contributed by atoms with van der Waals surface area (Å²) in [5, 5.41) is 3.42. The molecule has 2 aromatic heterocycles. The Labute approximate surface area is 142 Å². The van der Waals surface area contributed by atoms with Crippen LogP contribution in [0, 0.1) is 19.8 Å². The van der Waals surface area contributed by atoms with Crippen LogP contribution in [0.25, 0.3) is 11.4 Å². The summed E-state index contributed by atoms with van der Waals surface area (Å²) in [5.41, 5.74) is 2.12. The highest BCUT2D eigenvalue weighted by atomic mass is 16.1. The van der Waals surface area contributed by atoms with E-state index in [0.29, 0.717) is 17.3 Å². The average molecular weight is 327 g/mol. The van der Waals surface area contributed by atoms with Gasteiger partial charge in [-0.25, -0.2) is 9.97 Å². The molecule has 3 rings (SSSR count). The second kappa shape index (κ2) is 7.13. The first-order valence-electron chi connectivity index (χ1n) is 8.49. The van der Waals surface area contributed by atoms with Crippen molar-refractivity contribution in [1.29, 1.82) is 0 Å². The third kappa shape index (κ3) is 3.82. The summed E-state index contributed by atoms with van der Waals surface area (Å²) in [6, 6.07) is 3.88. The Morgan fingerprint density at radius 2 is 2.21 bits per heavy atom. The quantitative estimate of drug-likeness (QED) is 0.900. The minimum Gasteiger partial charge on any atom is -0.370 e. The molecule has 0 bridgehead atoms. The van der Waals surface area contributed by atoms with E-state index in [0.717, 1.165) is 30.2 Å². The highest BCUT2D eigenvalue weighted by Crippen LogP contribution is 2.18. The molecule has 0 amide bonds. The number of nitrogens with one attached hydrogen (secondary N) is 2.